The van der Waals surface area contributed by atoms with Crippen molar-refractivity contribution < 1.29 is 9.53 Å². The van der Waals surface area contributed by atoms with E-state index < -0.39 is 0 Å². The van der Waals surface area contributed by atoms with E-state index in [-0.39, 0.29) is 11.5 Å². The third kappa shape index (κ3) is 4.59. The number of hydrogen-bond donors (Lipinski definition) is 0. The van der Waals surface area contributed by atoms with Crippen molar-refractivity contribution in [2.45, 2.75) is 53.1 Å². The first-order valence-electron chi connectivity index (χ1n) is 11.3. The summed E-state index contributed by atoms with van der Waals surface area (Å²) in [7, 11) is 0. The molecular formula is C25H32BrN3O2. The van der Waals surface area contributed by atoms with E-state index in [4.69, 9.17) is 9.72 Å². The molecular weight excluding hydrogens is 454 g/mol. The molecule has 6 heteroatoms. The molecule has 4 rings (SSSR count). The number of halogens is 1. The SMILES string of the molecule is CCc1c(C)nc(C)c(Br)c1N1CCC2(CCN(C(=O)OCc3ccccc3)C2)CC1. The lowest BCUT2D eigenvalue weighted by atomic mass is 9.77. The van der Waals surface area contributed by atoms with E-state index in [0.717, 1.165) is 73.3 Å². The molecule has 2 fully saturated rings. The van der Waals surface area contributed by atoms with Crippen molar-refractivity contribution in [3.05, 3.63) is 57.3 Å². The average molecular weight is 486 g/mol. The summed E-state index contributed by atoms with van der Waals surface area (Å²) in [5.41, 5.74) is 6.09. The van der Waals surface area contributed by atoms with Gasteiger partial charge in [0.1, 0.15) is 6.61 Å². The molecule has 1 aromatic heterocycles. The van der Waals surface area contributed by atoms with Crippen LogP contribution < -0.4 is 4.90 Å². The van der Waals surface area contributed by atoms with Crippen LogP contribution in [0, 0.1) is 19.3 Å². The van der Waals surface area contributed by atoms with Crippen LogP contribution in [0.2, 0.25) is 0 Å². The van der Waals surface area contributed by atoms with Gasteiger partial charge in [-0.3, -0.25) is 4.98 Å². The van der Waals surface area contributed by atoms with Gasteiger partial charge in [-0.05, 0) is 72.0 Å². The lowest BCUT2D eigenvalue weighted by Crippen LogP contribution is -2.43. The molecule has 2 aromatic rings. The van der Waals surface area contributed by atoms with Crippen LogP contribution in [-0.2, 0) is 17.8 Å². The van der Waals surface area contributed by atoms with Crippen LogP contribution in [0.4, 0.5) is 10.5 Å². The summed E-state index contributed by atoms with van der Waals surface area (Å²) < 4.78 is 6.70. The second kappa shape index (κ2) is 9.19. The minimum Gasteiger partial charge on any atom is -0.445 e. The van der Waals surface area contributed by atoms with Gasteiger partial charge in [0.25, 0.3) is 0 Å². The molecule has 0 atom stereocenters. The van der Waals surface area contributed by atoms with Crippen molar-refractivity contribution in [2.24, 2.45) is 5.41 Å². The highest BCUT2D eigenvalue weighted by Crippen LogP contribution is 2.44. The number of likely N-dealkylation sites (tertiary alicyclic amines) is 1. The Hall–Kier alpha value is -2.08. The largest absolute Gasteiger partial charge is 0.445 e. The number of anilines is 1. The van der Waals surface area contributed by atoms with E-state index in [1.165, 1.54) is 11.3 Å². The van der Waals surface area contributed by atoms with E-state index in [1.54, 1.807) is 0 Å². The molecule has 0 N–H and O–H groups in total. The van der Waals surface area contributed by atoms with Crippen molar-refractivity contribution >= 4 is 27.7 Å². The molecule has 0 aliphatic carbocycles. The molecule has 2 saturated heterocycles. The van der Waals surface area contributed by atoms with Gasteiger partial charge in [-0.15, -0.1) is 0 Å². The minimum atomic E-state index is -0.181. The van der Waals surface area contributed by atoms with Crippen LogP contribution in [-0.4, -0.2) is 42.2 Å². The monoisotopic (exact) mass is 485 g/mol. The van der Waals surface area contributed by atoms with E-state index >= 15 is 0 Å². The number of ether oxygens (including phenoxy) is 1. The first-order chi connectivity index (χ1) is 14.9. The van der Waals surface area contributed by atoms with Gasteiger partial charge in [0.15, 0.2) is 0 Å². The summed E-state index contributed by atoms with van der Waals surface area (Å²) in [6.45, 7) is 10.4. The molecule has 3 heterocycles. The van der Waals surface area contributed by atoms with Crippen molar-refractivity contribution in [1.82, 2.24) is 9.88 Å². The molecule has 1 aromatic carbocycles. The summed E-state index contributed by atoms with van der Waals surface area (Å²) in [4.78, 5) is 21.8. The first-order valence-corrected chi connectivity index (χ1v) is 12.1. The predicted molar refractivity (Wildman–Crippen MR) is 127 cm³/mol. The van der Waals surface area contributed by atoms with Crippen LogP contribution in [0.15, 0.2) is 34.8 Å². The topological polar surface area (TPSA) is 45.7 Å². The molecule has 166 valence electrons. The number of hydrogen-bond acceptors (Lipinski definition) is 4. The summed E-state index contributed by atoms with van der Waals surface area (Å²) in [6.07, 6.45) is 4.07. The summed E-state index contributed by atoms with van der Waals surface area (Å²) in [6, 6.07) is 9.88. The van der Waals surface area contributed by atoms with Crippen LogP contribution >= 0.6 is 15.9 Å². The van der Waals surface area contributed by atoms with Crippen molar-refractivity contribution in [3.8, 4) is 0 Å². The molecule has 2 aliphatic rings. The molecule has 5 nitrogen and oxygen atoms in total. The molecule has 0 unspecified atom stereocenters. The molecule has 0 radical (unpaired) electrons. The van der Waals surface area contributed by atoms with Gasteiger partial charge in [-0.2, -0.15) is 0 Å². The Labute approximate surface area is 193 Å². The van der Waals surface area contributed by atoms with Crippen LogP contribution in [0.25, 0.3) is 0 Å². The number of benzene rings is 1. The highest BCUT2D eigenvalue weighted by molar-refractivity contribution is 9.10. The highest BCUT2D eigenvalue weighted by atomic mass is 79.9. The molecule has 0 saturated carbocycles. The first kappa shape index (κ1) is 22.1. The minimum absolute atomic E-state index is 0.181. The molecule has 2 aliphatic heterocycles. The van der Waals surface area contributed by atoms with Gasteiger partial charge in [0.05, 0.1) is 15.9 Å². The number of aromatic nitrogens is 1. The maximum absolute atomic E-state index is 12.6. The van der Waals surface area contributed by atoms with Gasteiger partial charge in [-0.25, -0.2) is 4.79 Å². The van der Waals surface area contributed by atoms with Crippen LogP contribution in [0.1, 0.15) is 48.7 Å². The number of pyridine rings is 1. The number of nitrogens with zero attached hydrogens (tertiary/aromatic N) is 3. The Balaban J connectivity index is 1.38. The van der Waals surface area contributed by atoms with Crippen LogP contribution in [0.5, 0.6) is 0 Å². The van der Waals surface area contributed by atoms with Gasteiger partial charge in [0, 0.05) is 31.9 Å². The van der Waals surface area contributed by atoms with Crippen molar-refractivity contribution in [1.29, 1.82) is 0 Å². The van der Waals surface area contributed by atoms with E-state index in [2.05, 4.69) is 41.6 Å². The number of piperidine rings is 1. The highest BCUT2D eigenvalue weighted by Gasteiger charge is 2.43. The summed E-state index contributed by atoms with van der Waals surface area (Å²) in [5.74, 6) is 0. The Bertz CT molecular complexity index is 940. The second-order valence-corrected chi connectivity index (χ2v) is 9.77. The number of rotatable bonds is 4. The fourth-order valence-electron chi connectivity index (χ4n) is 5.11. The summed E-state index contributed by atoms with van der Waals surface area (Å²) in [5, 5.41) is 0. The fourth-order valence-corrected chi connectivity index (χ4v) is 5.69. The number of amides is 1. The van der Waals surface area contributed by atoms with Gasteiger partial charge in [-0.1, -0.05) is 37.3 Å². The molecule has 0 bridgehead atoms. The van der Waals surface area contributed by atoms with E-state index in [1.807, 2.05) is 35.2 Å². The van der Waals surface area contributed by atoms with Gasteiger partial charge >= 0.3 is 6.09 Å². The zero-order chi connectivity index (χ0) is 22.0. The maximum Gasteiger partial charge on any atom is 0.410 e. The Morgan fingerprint density at radius 3 is 2.45 bits per heavy atom. The number of carbonyl (C=O) groups excluding carboxylic acids is 1. The molecule has 1 spiro atoms. The number of aryl methyl sites for hydroxylation is 2. The summed E-state index contributed by atoms with van der Waals surface area (Å²) >= 11 is 3.81. The van der Waals surface area contributed by atoms with Gasteiger partial charge in [0.2, 0.25) is 0 Å². The van der Waals surface area contributed by atoms with E-state index in [0.29, 0.717) is 6.61 Å². The number of carbonyl (C=O) groups is 1. The van der Waals surface area contributed by atoms with Crippen LogP contribution in [0.3, 0.4) is 0 Å². The standard InChI is InChI=1S/C25H32BrN3O2/c1-4-21-18(2)27-19(3)22(26)23(21)28-13-10-25(11-14-28)12-15-29(17-25)24(30)31-16-20-8-6-5-7-9-20/h5-9H,4,10-17H2,1-3H3. The normalized spacial score (nSPS) is 17.9. The second-order valence-electron chi connectivity index (χ2n) is 8.98. The Morgan fingerprint density at radius 1 is 1.10 bits per heavy atom. The zero-order valence-electron chi connectivity index (χ0n) is 18.8. The smallest absolute Gasteiger partial charge is 0.410 e. The van der Waals surface area contributed by atoms with Crippen molar-refractivity contribution in [3.63, 3.8) is 0 Å². The average Bonchev–Trinajstić information content (AvgIpc) is 3.19. The lowest BCUT2D eigenvalue weighted by Gasteiger charge is -2.41. The Kier molecular flexibility index (Phi) is 6.56. The molecule has 1 amide bonds. The van der Waals surface area contributed by atoms with Crippen molar-refractivity contribution in [2.75, 3.05) is 31.1 Å². The quantitative estimate of drug-likeness (QED) is 0.560. The molecule has 31 heavy (non-hydrogen) atoms. The van der Waals surface area contributed by atoms with E-state index in [9.17, 15) is 4.79 Å². The fraction of sp³-hybridized carbons (Fsp3) is 0.520. The third-order valence-corrected chi connectivity index (χ3v) is 7.93. The maximum atomic E-state index is 12.6. The Morgan fingerprint density at radius 2 is 1.77 bits per heavy atom. The lowest BCUT2D eigenvalue weighted by molar-refractivity contribution is 0.0974. The predicted octanol–water partition coefficient (Wildman–Crippen LogP) is 5.65. The zero-order valence-corrected chi connectivity index (χ0v) is 20.4. The van der Waals surface area contributed by atoms with Gasteiger partial charge < -0.3 is 14.5 Å². The third-order valence-electron chi connectivity index (χ3n) is 6.98.